The Labute approximate surface area is 178 Å². The van der Waals surface area contributed by atoms with E-state index >= 15 is 0 Å². The summed E-state index contributed by atoms with van der Waals surface area (Å²) in [5, 5.41) is 2.06. The molecule has 1 saturated carbocycles. The smallest absolute Gasteiger partial charge is 0.343 e. The highest BCUT2D eigenvalue weighted by Crippen LogP contribution is 2.53. The Balaban J connectivity index is 1.21. The Morgan fingerprint density at radius 1 is 0.806 bits per heavy atom. The highest BCUT2D eigenvalue weighted by molar-refractivity contribution is 6.22. The van der Waals surface area contributed by atoms with Crippen LogP contribution in [-0.4, -0.2) is 17.8 Å². The van der Waals surface area contributed by atoms with E-state index in [9.17, 15) is 14.4 Å². The van der Waals surface area contributed by atoms with E-state index in [1.165, 1.54) is 4.90 Å². The Morgan fingerprint density at radius 3 is 2.13 bits per heavy atom. The second-order valence-electron chi connectivity index (χ2n) is 8.46. The minimum absolute atomic E-state index is 0.127. The Kier molecular flexibility index (Phi) is 3.87. The van der Waals surface area contributed by atoms with Crippen LogP contribution in [0.15, 0.2) is 78.9 Å². The zero-order valence-electron chi connectivity index (χ0n) is 16.6. The summed E-state index contributed by atoms with van der Waals surface area (Å²) in [6, 6.07) is 19.8. The van der Waals surface area contributed by atoms with E-state index in [-0.39, 0.29) is 35.5 Å². The molecule has 2 aliphatic carbocycles. The molecule has 1 aliphatic heterocycles. The van der Waals surface area contributed by atoms with Crippen molar-refractivity contribution in [3.63, 3.8) is 0 Å². The molecule has 2 bridgehead atoms. The quantitative estimate of drug-likeness (QED) is 0.279. The van der Waals surface area contributed by atoms with Crippen LogP contribution in [0.4, 0.5) is 5.69 Å². The van der Waals surface area contributed by atoms with Gasteiger partial charge in [0.25, 0.3) is 0 Å². The van der Waals surface area contributed by atoms with Gasteiger partial charge in [-0.1, -0.05) is 42.5 Å². The van der Waals surface area contributed by atoms with Gasteiger partial charge in [0.15, 0.2) is 0 Å². The fourth-order valence-corrected chi connectivity index (χ4v) is 5.30. The molecule has 3 aromatic carbocycles. The maximum Gasteiger partial charge on any atom is 0.343 e. The molecule has 4 atom stereocenters. The standard InChI is InChI=1S/C26H19NO4/c28-24-22-18-5-6-19(13-18)23(22)25(29)27(24)20-10-7-16(8-11-20)26(30)31-21-12-9-15-3-1-2-4-17(15)14-21/h1-12,14,18-19,22-23H,13H2. The maximum atomic E-state index is 12.9. The van der Waals surface area contributed by atoms with Gasteiger partial charge in [-0.15, -0.1) is 0 Å². The topological polar surface area (TPSA) is 63.7 Å². The summed E-state index contributed by atoms with van der Waals surface area (Å²) in [6.45, 7) is 0. The van der Waals surface area contributed by atoms with Crippen LogP contribution < -0.4 is 9.64 Å². The third kappa shape index (κ3) is 2.73. The summed E-state index contributed by atoms with van der Waals surface area (Å²) >= 11 is 0. The third-order valence-electron chi connectivity index (χ3n) is 6.76. The number of allylic oxidation sites excluding steroid dienone is 2. The number of carbonyl (C=O) groups is 3. The van der Waals surface area contributed by atoms with Crippen molar-refractivity contribution in [3.05, 3.63) is 84.4 Å². The van der Waals surface area contributed by atoms with Crippen molar-refractivity contribution in [1.29, 1.82) is 0 Å². The van der Waals surface area contributed by atoms with Crippen molar-refractivity contribution in [3.8, 4) is 5.75 Å². The fourth-order valence-electron chi connectivity index (χ4n) is 5.30. The van der Waals surface area contributed by atoms with Crippen molar-refractivity contribution >= 4 is 34.2 Å². The SMILES string of the molecule is O=C(Oc1ccc2ccccc2c1)c1ccc(N2C(=O)C3C4C=CC(C4)C3C2=O)cc1. The molecule has 6 rings (SSSR count). The largest absolute Gasteiger partial charge is 0.423 e. The lowest BCUT2D eigenvalue weighted by Gasteiger charge is -2.17. The van der Waals surface area contributed by atoms with E-state index in [4.69, 9.17) is 4.74 Å². The van der Waals surface area contributed by atoms with Crippen molar-refractivity contribution in [2.75, 3.05) is 4.90 Å². The van der Waals surface area contributed by atoms with Crippen LogP contribution in [0.25, 0.3) is 10.8 Å². The minimum Gasteiger partial charge on any atom is -0.423 e. The third-order valence-corrected chi connectivity index (χ3v) is 6.76. The predicted octanol–water partition coefficient (Wildman–Crippen LogP) is 4.37. The molecular formula is C26H19NO4. The average molecular weight is 409 g/mol. The second kappa shape index (κ2) is 6.64. The molecule has 0 N–H and O–H groups in total. The van der Waals surface area contributed by atoms with Gasteiger partial charge in [0.05, 0.1) is 23.1 Å². The van der Waals surface area contributed by atoms with Gasteiger partial charge >= 0.3 is 5.97 Å². The monoisotopic (exact) mass is 409 g/mol. The number of benzene rings is 3. The van der Waals surface area contributed by atoms with Gasteiger partial charge in [-0.2, -0.15) is 0 Å². The molecule has 4 unspecified atom stereocenters. The summed E-state index contributed by atoms with van der Waals surface area (Å²) in [5.41, 5.74) is 0.865. The predicted molar refractivity (Wildman–Crippen MR) is 116 cm³/mol. The first-order valence-corrected chi connectivity index (χ1v) is 10.5. The molecule has 3 aliphatic rings. The Hall–Kier alpha value is -3.73. The van der Waals surface area contributed by atoms with Gasteiger partial charge < -0.3 is 4.74 Å². The van der Waals surface area contributed by atoms with Crippen molar-refractivity contribution in [2.24, 2.45) is 23.7 Å². The van der Waals surface area contributed by atoms with Crippen LogP contribution in [-0.2, 0) is 9.59 Å². The summed E-state index contributed by atoms with van der Waals surface area (Å²) in [5.74, 6) is -0.398. The molecule has 0 radical (unpaired) electrons. The normalized spacial score (nSPS) is 26.0. The molecule has 5 nitrogen and oxygen atoms in total. The maximum absolute atomic E-state index is 12.9. The van der Waals surface area contributed by atoms with Gasteiger partial charge in [-0.3, -0.25) is 14.5 Å². The van der Waals surface area contributed by atoms with Gasteiger partial charge in [0.1, 0.15) is 5.75 Å². The molecule has 1 saturated heterocycles. The van der Waals surface area contributed by atoms with E-state index < -0.39 is 5.97 Å². The van der Waals surface area contributed by atoms with Crippen LogP contribution in [0.5, 0.6) is 5.75 Å². The molecule has 0 spiro atoms. The Morgan fingerprint density at radius 2 is 1.45 bits per heavy atom. The second-order valence-corrected chi connectivity index (χ2v) is 8.46. The molecular weight excluding hydrogens is 390 g/mol. The first-order chi connectivity index (χ1) is 15.1. The number of esters is 1. The van der Waals surface area contributed by atoms with E-state index in [0.717, 1.165) is 17.2 Å². The van der Waals surface area contributed by atoms with E-state index in [0.29, 0.717) is 17.0 Å². The number of carbonyl (C=O) groups excluding carboxylic acids is 3. The van der Waals surface area contributed by atoms with Crippen LogP contribution in [0.1, 0.15) is 16.8 Å². The van der Waals surface area contributed by atoms with Gasteiger partial charge in [-0.25, -0.2) is 4.79 Å². The summed E-state index contributed by atoms with van der Waals surface area (Å²) < 4.78 is 5.52. The summed E-state index contributed by atoms with van der Waals surface area (Å²) in [4.78, 5) is 39.7. The van der Waals surface area contributed by atoms with Gasteiger partial charge in [0.2, 0.25) is 11.8 Å². The number of rotatable bonds is 3. The molecule has 31 heavy (non-hydrogen) atoms. The fraction of sp³-hybridized carbons (Fsp3) is 0.192. The number of nitrogens with zero attached hydrogens (tertiary/aromatic N) is 1. The summed E-state index contributed by atoms with van der Waals surface area (Å²) in [7, 11) is 0. The van der Waals surface area contributed by atoms with E-state index in [1.54, 1.807) is 30.3 Å². The van der Waals surface area contributed by atoms with Crippen LogP contribution in [0.2, 0.25) is 0 Å². The van der Waals surface area contributed by atoms with Crippen molar-refractivity contribution in [2.45, 2.75) is 6.42 Å². The number of hydrogen-bond acceptors (Lipinski definition) is 4. The zero-order chi connectivity index (χ0) is 21.1. The highest BCUT2D eigenvalue weighted by Gasteiger charge is 2.59. The van der Waals surface area contributed by atoms with Crippen molar-refractivity contribution in [1.82, 2.24) is 0 Å². The van der Waals surface area contributed by atoms with Crippen LogP contribution in [0, 0.1) is 23.7 Å². The average Bonchev–Trinajstić information content (AvgIpc) is 3.47. The van der Waals surface area contributed by atoms with E-state index in [1.807, 2.05) is 36.4 Å². The summed E-state index contributed by atoms with van der Waals surface area (Å²) in [6.07, 6.45) is 5.05. The molecule has 0 aromatic heterocycles. The molecule has 1 heterocycles. The first-order valence-electron chi connectivity index (χ1n) is 10.5. The molecule has 152 valence electrons. The van der Waals surface area contributed by atoms with E-state index in [2.05, 4.69) is 12.2 Å². The minimum atomic E-state index is -0.486. The number of fused-ring (bicyclic) bond motifs is 6. The highest BCUT2D eigenvalue weighted by atomic mass is 16.5. The lowest BCUT2D eigenvalue weighted by Crippen LogP contribution is -2.32. The molecule has 5 heteroatoms. The van der Waals surface area contributed by atoms with Crippen LogP contribution in [0.3, 0.4) is 0 Å². The molecule has 2 fully saturated rings. The number of amides is 2. The Bertz CT molecular complexity index is 1250. The van der Waals surface area contributed by atoms with Crippen molar-refractivity contribution < 1.29 is 19.1 Å². The lowest BCUT2D eigenvalue weighted by atomic mass is 9.85. The van der Waals surface area contributed by atoms with Crippen LogP contribution >= 0.6 is 0 Å². The number of hydrogen-bond donors (Lipinski definition) is 0. The number of anilines is 1. The van der Waals surface area contributed by atoms with Gasteiger partial charge in [0, 0.05) is 0 Å². The number of ether oxygens (including phenoxy) is 1. The molecule has 3 aromatic rings. The zero-order valence-corrected chi connectivity index (χ0v) is 16.6. The van der Waals surface area contributed by atoms with Gasteiger partial charge in [-0.05, 0) is 65.4 Å². The lowest BCUT2D eigenvalue weighted by molar-refractivity contribution is -0.123. The number of imide groups is 1. The molecule has 2 amide bonds. The first kappa shape index (κ1) is 18.1.